The monoisotopic (exact) mass is 459 g/mol. The summed E-state index contributed by atoms with van der Waals surface area (Å²) < 4.78 is 27.5. The Kier molecular flexibility index (Phi) is 6.13. The highest BCUT2D eigenvalue weighted by Gasteiger charge is 2.32. The molecule has 1 aromatic heterocycles. The average Bonchev–Trinajstić information content (AvgIpc) is 2.78. The van der Waals surface area contributed by atoms with Gasteiger partial charge in [-0.05, 0) is 54.1 Å². The van der Waals surface area contributed by atoms with Crippen LogP contribution in [0.5, 0.6) is 0 Å². The van der Waals surface area contributed by atoms with Crippen molar-refractivity contribution < 1.29 is 13.2 Å². The molecule has 1 saturated heterocycles. The van der Waals surface area contributed by atoms with E-state index >= 15 is 0 Å². The third kappa shape index (κ3) is 4.66. The molecular weight excluding hydrogens is 438 g/mol. The van der Waals surface area contributed by atoms with Gasteiger partial charge in [-0.2, -0.15) is 4.31 Å². The van der Waals surface area contributed by atoms with Crippen LogP contribution in [0.2, 0.25) is 5.02 Å². The van der Waals surface area contributed by atoms with Crippen LogP contribution in [-0.4, -0.2) is 36.7 Å². The van der Waals surface area contributed by atoms with E-state index < -0.39 is 10.0 Å². The predicted octanol–water partition coefficient (Wildman–Crippen LogP) is 2.90. The van der Waals surface area contributed by atoms with E-state index in [0.29, 0.717) is 35.3 Å². The second-order valence-electron chi connectivity index (χ2n) is 7.56. The number of H-pyrrole nitrogens is 1. The second-order valence-corrected chi connectivity index (χ2v) is 9.90. The lowest BCUT2D eigenvalue weighted by atomic mass is 9.97. The number of hydrogen-bond donors (Lipinski definition) is 2. The fourth-order valence-electron chi connectivity index (χ4n) is 3.77. The van der Waals surface area contributed by atoms with Crippen molar-refractivity contribution in [3.8, 4) is 0 Å². The van der Waals surface area contributed by atoms with E-state index in [1.54, 1.807) is 24.3 Å². The lowest BCUT2D eigenvalue weighted by molar-refractivity contribution is -0.126. The van der Waals surface area contributed by atoms with Gasteiger partial charge in [0.15, 0.2) is 0 Å². The maximum absolute atomic E-state index is 13.1. The Bertz CT molecular complexity index is 1280. The molecule has 162 valence electrons. The Hall–Kier alpha value is -2.68. The Balaban J connectivity index is 1.39. The van der Waals surface area contributed by atoms with Crippen molar-refractivity contribution >= 4 is 38.4 Å². The van der Waals surface area contributed by atoms with Crippen molar-refractivity contribution in [2.24, 2.45) is 5.92 Å². The number of nitrogens with one attached hydrogen (secondary N) is 2. The van der Waals surface area contributed by atoms with Gasteiger partial charge in [0.05, 0.1) is 4.90 Å². The van der Waals surface area contributed by atoms with Gasteiger partial charge < -0.3 is 10.3 Å². The number of benzene rings is 2. The van der Waals surface area contributed by atoms with Crippen LogP contribution in [0.25, 0.3) is 10.9 Å². The zero-order valence-electron chi connectivity index (χ0n) is 16.7. The highest BCUT2D eigenvalue weighted by molar-refractivity contribution is 7.89. The van der Waals surface area contributed by atoms with E-state index in [9.17, 15) is 18.0 Å². The van der Waals surface area contributed by atoms with Gasteiger partial charge in [-0.25, -0.2) is 8.42 Å². The number of rotatable bonds is 5. The molecular formula is C22H22ClN3O4S. The molecule has 1 fully saturated rings. The number of amides is 1. The minimum atomic E-state index is -3.68. The summed E-state index contributed by atoms with van der Waals surface area (Å²) in [6.45, 7) is 0.891. The van der Waals surface area contributed by atoms with Crippen LogP contribution < -0.4 is 10.9 Å². The first-order valence-electron chi connectivity index (χ1n) is 9.99. The topological polar surface area (TPSA) is 99.3 Å². The molecule has 0 saturated carbocycles. The number of hydrogen-bond acceptors (Lipinski definition) is 4. The average molecular weight is 460 g/mol. The first-order chi connectivity index (χ1) is 14.8. The van der Waals surface area contributed by atoms with Gasteiger partial charge in [0.25, 0.3) is 0 Å². The number of nitrogens with zero attached hydrogens (tertiary/aromatic N) is 1. The molecule has 2 aromatic carbocycles. The minimum absolute atomic E-state index is 0.0911. The van der Waals surface area contributed by atoms with Crippen molar-refractivity contribution in [1.82, 2.24) is 14.6 Å². The fraction of sp³-hybridized carbons (Fsp3) is 0.273. The SMILES string of the molecule is O=C(NCc1ccccc1Cl)C1CCN(S(=O)(=O)c2ccc3[nH]c(=O)ccc3c2)CC1. The number of halogens is 1. The maximum Gasteiger partial charge on any atom is 0.248 e. The predicted molar refractivity (Wildman–Crippen MR) is 119 cm³/mol. The minimum Gasteiger partial charge on any atom is -0.352 e. The number of aromatic amines is 1. The molecule has 3 aromatic rings. The van der Waals surface area contributed by atoms with Crippen LogP contribution in [0.15, 0.2) is 64.3 Å². The quantitative estimate of drug-likeness (QED) is 0.612. The number of pyridine rings is 1. The Labute approximate surface area is 185 Å². The zero-order chi connectivity index (χ0) is 22.0. The molecule has 0 spiro atoms. The van der Waals surface area contributed by atoms with E-state index in [2.05, 4.69) is 10.3 Å². The van der Waals surface area contributed by atoms with Gasteiger partial charge in [0.1, 0.15) is 0 Å². The third-order valence-corrected chi connectivity index (χ3v) is 7.83. The maximum atomic E-state index is 13.1. The van der Waals surface area contributed by atoms with Crippen molar-refractivity contribution in [1.29, 1.82) is 0 Å². The largest absolute Gasteiger partial charge is 0.352 e. The molecule has 1 aliphatic heterocycles. The molecule has 7 nitrogen and oxygen atoms in total. The van der Waals surface area contributed by atoms with Crippen molar-refractivity contribution in [2.45, 2.75) is 24.3 Å². The van der Waals surface area contributed by atoms with E-state index in [1.165, 1.54) is 16.4 Å². The summed E-state index contributed by atoms with van der Waals surface area (Å²) in [6.07, 6.45) is 0.906. The van der Waals surface area contributed by atoms with Gasteiger partial charge in [-0.15, -0.1) is 0 Å². The van der Waals surface area contributed by atoms with Crippen LogP contribution in [0.1, 0.15) is 18.4 Å². The van der Waals surface area contributed by atoms with Gasteiger partial charge in [0, 0.05) is 42.2 Å². The van der Waals surface area contributed by atoms with E-state index in [4.69, 9.17) is 11.6 Å². The Morgan fingerprint density at radius 2 is 1.84 bits per heavy atom. The molecule has 0 aliphatic carbocycles. The highest BCUT2D eigenvalue weighted by atomic mass is 35.5. The van der Waals surface area contributed by atoms with Crippen LogP contribution in [0.4, 0.5) is 0 Å². The van der Waals surface area contributed by atoms with Gasteiger partial charge in [-0.1, -0.05) is 29.8 Å². The summed E-state index contributed by atoms with van der Waals surface area (Å²) in [4.78, 5) is 26.8. The standard InChI is InChI=1S/C22H22ClN3O4S/c23-19-4-2-1-3-17(19)14-24-22(28)15-9-11-26(12-10-15)31(29,30)18-6-7-20-16(13-18)5-8-21(27)25-20/h1-8,13,15H,9-12,14H2,(H,24,28)(H,25,27). The highest BCUT2D eigenvalue weighted by Crippen LogP contribution is 2.26. The van der Waals surface area contributed by atoms with Gasteiger partial charge in [0.2, 0.25) is 21.5 Å². The molecule has 9 heteroatoms. The van der Waals surface area contributed by atoms with Gasteiger partial charge >= 0.3 is 0 Å². The molecule has 0 unspecified atom stereocenters. The summed E-state index contributed by atoms with van der Waals surface area (Å²) in [6, 6.07) is 14.9. The van der Waals surface area contributed by atoms with Crippen LogP contribution in [0, 0.1) is 5.92 Å². The summed E-state index contributed by atoms with van der Waals surface area (Å²) in [5.41, 5.74) is 1.19. The van der Waals surface area contributed by atoms with E-state index in [1.807, 2.05) is 18.2 Å². The molecule has 1 amide bonds. The molecule has 2 heterocycles. The lowest BCUT2D eigenvalue weighted by Gasteiger charge is -2.30. The summed E-state index contributed by atoms with van der Waals surface area (Å²) in [5.74, 6) is -0.331. The third-order valence-electron chi connectivity index (χ3n) is 5.57. The first kappa shape index (κ1) is 21.5. The second kappa shape index (κ2) is 8.82. The summed E-state index contributed by atoms with van der Waals surface area (Å²) in [5, 5.41) is 4.15. The van der Waals surface area contributed by atoms with E-state index in [0.717, 1.165) is 5.56 Å². The van der Waals surface area contributed by atoms with Crippen LogP contribution in [0.3, 0.4) is 0 Å². The normalized spacial score (nSPS) is 15.8. The molecule has 31 heavy (non-hydrogen) atoms. The van der Waals surface area contributed by atoms with Crippen molar-refractivity contribution in [3.05, 3.63) is 75.5 Å². The fourth-order valence-corrected chi connectivity index (χ4v) is 5.48. The van der Waals surface area contributed by atoms with Gasteiger partial charge in [-0.3, -0.25) is 9.59 Å². The van der Waals surface area contributed by atoms with Crippen molar-refractivity contribution in [3.63, 3.8) is 0 Å². The number of fused-ring (bicyclic) bond motifs is 1. The number of aromatic nitrogens is 1. The smallest absolute Gasteiger partial charge is 0.248 e. The Morgan fingerprint density at radius 3 is 2.58 bits per heavy atom. The number of sulfonamides is 1. The number of carbonyl (C=O) groups is 1. The van der Waals surface area contributed by atoms with Crippen LogP contribution >= 0.6 is 11.6 Å². The Morgan fingerprint density at radius 1 is 1.10 bits per heavy atom. The first-order valence-corrected chi connectivity index (χ1v) is 11.8. The summed E-state index contributed by atoms with van der Waals surface area (Å²) in [7, 11) is -3.68. The van der Waals surface area contributed by atoms with E-state index in [-0.39, 0.29) is 35.4 Å². The lowest BCUT2D eigenvalue weighted by Crippen LogP contribution is -2.42. The van der Waals surface area contributed by atoms with Crippen molar-refractivity contribution in [2.75, 3.05) is 13.1 Å². The van der Waals surface area contributed by atoms with Crippen LogP contribution in [-0.2, 0) is 21.4 Å². The molecule has 1 aliphatic rings. The number of piperidine rings is 1. The molecule has 0 atom stereocenters. The molecule has 0 radical (unpaired) electrons. The molecule has 4 rings (SSSR count). The number of carbonyl (C=O) groups excluding carboxylic acids is 1. The molecule has 0 bridgehead atoms. The zero-order valence-corrected chi connectivity index (χ0v) is 18.2. The summed E-state index contributed by atoms with van der Waals surface area (Å²) >= 11 is 6.12. The molecule has 2 N–H and O–H groups in total.